The zero-order valence-corrected chi connectivity index (χ0v) is 11.8. The standard InChI is InChI=1S/C15H30N2/c1-3-10-16-14-9-11-17(13(2)12-14)15-7-5-4-6-8-15/h13-16H,3-12H2,1-2H3. The highest BCUT2D eigenvalue weighted by Crippen LogP contribution is 2.28. The monoisotopic (exact) mass is 238 g/mol. The van der Waals surface area contributed by atoms with Crippen molar-refractivity contribution in [3.8, 4) is 0 Å². The quantitative estimate of drug-likeness (QED) is 0.809. The second-order valence-corrected chi connectivity index (χ2v) is 6.05. The van der Waals surface area contributed by atoms with Gasteiger partial charge in [-0.2, -0.15) is 0 Å². The lowest BCUT2D eigenvalue weighted by Gasteiger charge is -2.44. The van der Waals surface area contributed by atoms with Crippen molar-refractivity contribution in [2.45, 2.75) is 83.3 Å². The van der Waals surface area contributed by atoms with E-state index in [0.717, 1.165) is 18.1 Å². The van der Waals surface area contributed by atoms with Crippen molar-refractivity contribution in [1.82, 2.24) is 10.2 Å². The minimum atomic E-state index is 0.782. The first kappa shape index (κ1) is 13.4. The summed E-state index contributed by atoms with van der Waals surface area (Å²) >= 11 is 0. The van der Waals surface area contributed by atoms with E-state index in [1.165, 1.54) is 64.5 Å². The van der Waals surface area contributed by atoms with E-state index in [4.69, 9.17) is 0 Å². The van der Waals surface area contributed by atoms with Crippen molar-refractivity contribution >= 4 is 0 Å². The van der Waals surface area contributed by atoms with Crippen molar-refractivity contribution in [3.63, 3.8) is 0 Å². The van der Waals surface area contributed by atoms with Gasteiger partial charge in [-0.1, -0.05) is 26.2 Å². The Morgan fingerprint density at radius 3 is 2.53 bits per heavy atom. The molecule has 17 heavy (non-hydrogen) atoms. The van der Waals surface area contributed by atoms with Crippen molar-refractivity contribution in [1.29, 1.82) is 0 Å². The Balaban J connectivity index is 1.78. The van der Waals surface area contributed by atoms with Crippen LogP contribution >= 0.6 is 0 Å². The molecule has 2 rings (SSSR count). The lowest BCUT2D eigenvalue weighted by atomic mass is 9.89. The lowest BCUT2D eigenvalue weighted by Crippen LogP contribution is -2.51. The van der Waals surface area contributed by atoms with E-state index in [0.29, 0.717) is 0 Å². The summed E-state index contributed by atoms with van der Waals surface area (Å²) in [6.45, 7) is 7.22. The maximum absolute atomic E-state index is 3.70. The largest absolute Gasteiger partial charge is 0.314 e. The van der Waals surface area contributed by atoms with Crippen LogP contribution in [0.3, 0.4) is 0 Å². The van der Waals surface area contributed by atoms with Gasteiger partial charge in [0, 0.05) is 24.7 Å². The van der Waals surface area contributed by atoms with Gasteiger partial charge in [0.1, 0.15) is 0 Å². The van der Waals surface area contributed by atoms with Crippen molar-refractivity contribution < 1.29 is 0 Å². The molecule has 2 heteroatoms. The van der Waals surface area contributed by atoms with E-state index >= 15 is 0 Å². The number of piperidine rings is 1. The molecule has 2 fully saturated rings. The molecule has 1 saturated carbocycles. The molecule has 1 aliphatic heterocycles. The van der Waals surface area contributed by atoms with Crippen LogP contribution in [0.2, 0.25) is 0 Å². The maximum Gasteiger partial charge on any atom is 0.00980 e. The van der Waals surface area contributed by atoms with E-state index in [1.807, 2.05) is 0 Å². The van der Waals surface area contributed by atoms with E-state index in [2.05, 4.69) is 24.1 Å². The molecule has 2 nitrogen and oxygen atoms in total. The van der Waals surface area contributed by atoms with Gasteiger partial charge in [0.05, 0.1) is 0 Å². The van der Waals surface area contributed by atoms with Gasteiger partial charge in [-0.25, -0.2) is 0 Å². The predicted octanol–water partition coefficient (Wildman–Crippen LogP) is 3.17. The fourth-order valence-electron chi connectivity index (χ4n) is 3.68. The number of hydrogen-bond donors (Lipinski definition) is 1. The molecular formula is C15H30N2. The van der Waals surface area contributed by atoms with Gasteiger partial charge in [-0.15, -0.1) is 0 Å². The molecular weight excluding hydrogens is 208 g/mol. The highest BCUT2D eigenvalue weighted by atomic mass is 15.2. The molecule has 1 N–H and O–H groups in total. The third-order valence-corrected chi connectivity index (χ3v) is 4.65. The minimum Gasteiger partial charge on any atom is -0.314 e. The SMILES string of the molecule is CCCNC1CCN(C2CCCCC2)C(C)C1. The Bertz CT molecular complexity index is 211. The average molecular weight is 238 g/mol. The molecule has 100 valence electrons. The fourth-order valence-corrected chi connectivity index (χ4v) is 3.68. The molecule has 2 aliphatic rings. The van der Waals surface area contributed by atoms with E-state index < -0.39 is 0 Å². The number of hydrogen-bond acceptors (Lipinski definition) is 2. The van der Waals surface area contributed by atoms with Crippen molar-refractivity contribution in [2.24, 2.45) is 0 Å². The molecule has 1 heterocycles. The van der Waals surface area contributed by atoms with Gasteiger partial charge in [0.25, 0.3) is 0 Å². The molecule has 2 atom stereocenters. The van der Waals surface area contributed by atoms with Crippen LogP contribution in [0.25, 0.3) is 0 Å². The molecule has 0 aromatic rings. The number of nitrogens with zero attached hydrogens (tertiary/aromatic N) is 1. The van der Waals surface area contributed by atoms with Gasteiger partial charge >= 0.3 is 0 Å². The molecule has 2 unspecified atom stereocenters. The van der Waals surface area contributed by atoms with E-state index in [1.54, 1.807) is 0 Å². The first-order chi connectivity index (χ1) is 8.31. The van der Waals surface area contributed by atoms with E-state index in [-0.39, 0.29) is 0 Å². The Morgan fingerprint density at radius 1 is 1.12 bits per heavy atom. The molecule has 1 aliphatic carbocycles. The van der Waals surface area contributed by atoms with Gasteiger partial charge in [0.15, 0.2) is 0 Å². The summed E-state index contributed by atoms with van der Waals surface area (Å²) in [5.74, 6) is 0. The average Bonchev–Trinajstić information content (AvgIpc) is 2.37. The van der Waals surface area contributed by atoms with E-state index in [9.17, 15) is 0 Å². The number of nitrogens with one attached hydrogen (secondary N) is 1. The number of rotatable bonds is 4. The van der Waals surface area contributed by atoms with Crippen LogP contribution in [-0.2, 0) is 0 Å². The Hall–Kier alpha value is -0.0800. The van der Waals surface area contributed by atoms with Gasteiger partial charge < -0.3 is 5.32 Å². The smallest absolute Gasteiger partial charge is 0.00980 e. The third kappa shape index (κ3) is 3.69. The molecule has 0 spiro atoms. The summed E-state index contributed by atoms with van der Waals surface area (Å²) in [6.07, 6.45) is 11.3. The maximum atomic E-state index is 3.70. The van der Waals surface area contributed by atoms with Crippen LogP contribution in [0, 0.1) is 0 Å². The van der Waals surface area contributed by atoms with Crippen LogP contribution in [0.5, 0.6) is 0 Å². The van der Waals surface area contributed by atoms with Crippen LogP contribution in [0.4, 0.5) is 0 Å². The summed E-state index contributed by atoms with van der Waals surface area (Å²) in [7, 11) is 0. The van der Waals surface area contributed by atoms with Crippen molar-refractivity contribution in [3.05, 3.63) is 0 Å². The van der Waals surface area contributed by atoms with Gasteiger partial charge in [0.2, 0.25) is 0 Å². The highest BCUT2D eigenvalue weighted by Gasteiger charge is 2.30. The lowest BCUT2D eigenvalue weighted by molar-refractivity contribution is 0.0679. The molecule has 0 aromatic heterocycles. The summed E-state index contributed by atoms with van der Waals surface area (Å²) in [5, 5.41) is 3.70. The van der Waals surface area contributed by atoms with Crippen molar-refractivity contribution in [2.75, 3.05) is 13.1 Å². The van der Waals surface area contributed by atoms with Crippen LogP contribution in [0.1, 0.15) is 65.2 Å². The Morgan fingerprint density at radius 2 is 1.88 bits per heavy atom. The highest BCUT2D eigenvalue weighted by molar-refractivity contribution is 4.87. The summed E-state index contributed by atoms with van der Waals surface area (Å²) in [5.41, 5.74) is 0. The first-order valence-corrected chi connectivity index (χ1v) is 7.80. The van der Waals surface area contributed by atoms with Crippen LogP contribution < -0.4 is 5.32 Å². The predicted molar refractivity (Wildman–Crippen MR) is 74.4 cm³/mol. The van der Waals surface area contributed by atoms with Gasteiger partial charge in [-0.05, 0) is 45.6 Å². The fraction of sp³-hybridized carbons (Fsp3) is 1.00. The molecule has 0 amide bonds. The summed E-state index contributed by atoms with van der Waals surface area (Å²) < 4.78 is 0. The normalized spacial score (nSPS) is 32.8. The number of likely N-dealkylation sites (tertiary alicyclic amines) is 1. The third-order valence-electron chi connectivity index (χ3n) is 4.65. The molecule has 0 bridgehead atoms. The molecule has 1 saturated heterocycles. The Kier molecular flexibility index (Phi) is 5.30. The zero-order valence-electron chi connectivity index (χ0n) is 11.8. The van der Waals surface area contributed by atoms with Gasteiger partial charge in [-0.3, -0.25) is 4.90 Å². The Labute approximate surface area is 107 Å². The first-order valence-electron chi connectivity index (χ1n) is 7.80. The minimum absolute atomic E-state index is 0.782. The summed E-state index contributed by atoms with van der Waals surface area (Å²) in [4.78, 5) is 2.81. The summed E-state index contributed by atoms with van der Waals surface area (Å²) in [6, 6.07) is 2.48. The van der Waals surface area contributed by atoms with Crippen LogP contribution in [0.15, 0.2) is 0 Å². The second kappa shape index (κ2) is 6.75. The molecule has 0 aromatic carbocycles. The van der Waals surface area contributed by atoms with Crippen LogP contribution in [-0.4, -0.2) is 36.1 Å². The topological polar surface area (TPSA) is 15.3 Å². The second-order valence-electron chi connectivity index (χ2n) is 6.05. The zero-order chi connectivity index (χ0) is 12.1. The molecule has 0 radical (unpaired) electrons.